The maximum absolute atomic E-state index is 11.2. The highest BCUT2D eigenvalue weighted by Gasteiger charge is 2.29. The number of ether oxygens (including phenoxy) is 1. The molecule has 0 aliphatic heterocycles. The molecule has 0 unspecified atom stereocenters. The molecule has 3 aromatic heterocycles. The number of nitriles is 1. The number of carbonyl (C=O) groups excluding carboxylic acids is 1. The Morgan fingerprint density at radius 2 is 2.19 bits per heavy atom. The van der Waals surface area contributed by atoms with Gasteiger partial charge in [0.2, 0.25) is 0 Å². The lowest BCUT2D eigenvalue weighted by Gasteiger charge is -2.36. The molecule has 1 fully saturated rings. The minimum atomic E-state index is -0.398. The number of fused-ring (bicyclic) bond motifs is 1. The van der Waals surface area contributed by atoms with Crippen LogP contribution >= 0.6 is 22.6 Å². The lowest BCUT2D eigenvalue weighted by Crippen LogP contribution is -2.42. The summed E-state index contributed by atoms with van der Waals surface area (Å²) in [4.78, 5) is 15.8. The van der Waals surface area contributed by atoms with Gasteiger partial charge in [0.1, 0.15) is 6.07 Å². The van der Waals surface area contributed by atoms with Crippen molar-refractivity contribution in [1.82, 2.24) is 19.9 Å². The Labute approximate surface area is 193 Å². The predicted molar refractivity (Wildman–Crippen MR) is 125 cm³/mol. The largest absolute Gasteiger partial charge is 0.453 e. The van der Waals surface area contributed by atoms with Gasteiger partial charge in [-0.05, 0) is 47.0 Å². The van der Waals surface area contributed by atoms with Gasteiger partial charge < -0.3 is 15.4 Å². The van der Waals surface area contributed by atoms with Gasteiger partial charge in [0.05, 0.1) is 47.0 Å². The molecule has 3 heterocycles. The minimum absolute atomic E-state index is 0.301. The van der Waals surface area contributed by atoms with Crippen molar-refractivity contribution in [3.63, 3.8) is 0 Å². The van der Waals surface area contributed by atoms with Crippen molar-refractivity contribution in [2.24, 2.45) is 5.92 Å². The quantitative estimate of drug-likeness (QED) is 0.390. The van der Waals surface area contributed by atoms with E-state index in [-0.39, 0.29) is 0 Å². The number of pyridine rings is 1. The lowest BCUT2D eigenvalue weighted by molar-refractivity contribution is 0.164. The van der Waals surface area contributed by atoms with Crippen LogP contribution in [-0.4, -0.2) is 40.4 Å². The van der Waals surface area contributed by atoms with E-state index in [1.807, 2.05) is 40.8 Å². The third kappa shape index (κ3) is 4.57. The molecule has 4 rings (SSSR count). The van der Waals surface area contributed by atoms with Gasteiger partial charge in [-0.15, -0.1) is 0 Å². The standard InChI is InChI=1S/C22H19IN6O2/c1-31-22(30)26-11-14-6-17(7-14)28-19-9-20(25-13-16(19)4-5-23)21-3-2-18-8-15(10-24)12-27-29(18)21/h2-3,8-9,12-14,17H,6-7,11H2,1H3,(H,25,28)(H,26,30)/t14-,17-. The molecule has 2 N–H and O–H groups in total. The van der Waals surface area contributed by atoms with Gasteiger partial charge in [-0.25, -0.2) is 9.31 Å². The molecular weight excluding hydrogens is 507 g/mol. The van der Waals surface area contributed by atoms with Gasteiger partial charge in [-0.1, -0.05) is 5.92 Å². The number of alkyl carbamates (subject to hydrolysis) is 1. The molecule has 31 heavy (non-hydrogen) atoms. The third-order valence-electron chi connectivity index (χ3n) is 5.29. The first-order valence-corrected chi connectivity index (χ1v) is 10.8. The zero-order valence-corrected chi connectivity index (χ0v) is 18.9. The molecule has 0 radical (unpaired) electrons. The number of amides is 1. The predicted octanol–water partition coefficient (Wildman–Crippen LogP) is 3.56. The first kappa shape index (κ1) is 20.9. The van der Waals surface area contributed by atoms with Crippen molar-refractivity contribution in [3.05, 3.63) is 47.8 Å². The Bertz CT molecular complexity index is 1230. The monoisotopic (exact) mass is 526 g/mol. The number of hydrogen-bond donors (Lipinski definition) is 2. The molecule has 0 spiro atoms. The van der Waals surface area contributed by atoms with E-state index < -0.39 is 6.09 Å². The van der Waals surface area contributed by atoms with Crippen LogP contribution in [0.25, 0.3) is 16.9 Å². The Hall–Kier alpha value is -3.31. The molecule has 1 aliphatic rings. The highest BCUT2D eigenvalue weighted by molar-refractivity contribution is 14.1. The molecule has 0 atom stereocenters. The van der Waals surface area contributed by atoms with E-state index in [0.29, 0.717) is 24.1 Å². The number of halogens is 1. The Morgan fingerprint density at radius 3 is 2.94 bits per heavy atom. The molecule has 0 saturated heterocycles. The van der Waals surface area contributed by atoms with Gasteiger partial charge in [0, 0.05) is 41.4 Å². The number of aromatic nitrogens is 3. The smallest absolute Gasteiger partial charge is 0.406 e. The fraction of sp³-hybridized carbons (Fsp3) is 0.273. The van der Waals surface area contributed by atoms with Crippen LogP contribution in [0.2, 0.25) is 0 Å². The summed E-state index contributed by atoms with van der Waals surface area (Å²) in [5.41, 5.74) is 4.70. The molecule has 3 aromatic rings. The molecule has 0 bridgehead atoms. The molecule has 9 heteroatoms. The van der Waals surface area contributed by atoms with Crippen molar-refractivity contribution >= 4 is 39.9 Å². The van der Waals surface area contributed by atoms with E-state index in [4.69, 9.17) is 5.26 Å². The molecule has 1 saturated carbocycles. The zero-order valence-electron chi connectivity index (χ0n) is 16.7. The topological polar surface area (TPSA) is 104 Å². The first-order chi connectivity index (χ1) is 15.1. The average molecular weight is 526 g/mol. The Morgan fingerprint density at radius 1 is 1.35 bits per heavy atom. The van der Waals surface area contributed by atoms with Crippen LogP contribution in [0.4, 0.5) is 10.5 Å². The summed E-state index contributed by atoms with van der Waals surface area (Å²) >= 11 is 2.02. The minimum Gasteiger partial charge on any atom is -0.453 e. The maximum Gasteiger partial charge on any atom is 0.406 e. The van der Waals surface area contributed by atoms with Crippen LogP contribution in [0.1, 0.15) is 24.0 Å². The average Bonchev–Trinajstić information content (AvgIpc) is 3.19. The van der Waals surface area contributed by atoms with E-state index >= 15 is 0 Å². The van der Waals surface area contributed by atoms with Crippen LogP contribution in [0.15, 0.2) is 36.7 Å². The van der Waals surface area contributed by atoms with Crippen molar-refractivity contribution in [2.75, 3.05) is 19.0 Å². The molecule has 0 aromatic carbocycles. The van der Waals surface area contributed by atoms with Crippen LogP contribution < -0.4 is 10.6 Å². The molecule has 156 valence electrons. The maximum atomic E-state index is 11.2. The van der Waals surface area contributed by atoms with Gasteiger partial charge >= 0.3 is 6.09 Å². The summed E-state index contributed by atoms with van der Waals surface area (Å²) in [6, 6.07) is 10.0. The number of methoxy groups -OCH3 is 1. The van der Waals surface area contributed by atoms with Crippen molar-refractivity contribution in [1.29, 1.82) is 5.26 Å². The number of anilines is 1. The van der Waals surface area contributed by atoms with Crippen LogP contribution in [0.3, 0.4) is 0 Å². The number of hydrogen-bond acceptors (Lipinski definition) is 6. The second-order valence-corrected chi connectivity index (χ2v) is 7.84. The molecular formula is C22H19IN6O2. The van der Waals surface area contributed by atoms with Gasteiger partial charge in [-0.3, -0.25) is 4.98 Å². The van der Waals surface area contributed by atoms with Crippen molar-refractivity contribution in [2.45, 2.75) is 18.9 Å². The second-order valence-electron chi connectivity index (χ2n) is 7.30. The van der Waals surface area contributed by atoms with E-state index in [9.17, 15) is 4.79 Å². The Balaban J connectivity index is 1.53. The van der Waals surface area contributed by atoms with E-state index in [0.717, 1.165) is 41.0 Å². The summed E-state index contributed by atoms with van der Waals surface area (Å²) in [7, 11) is 1.36. The fourth-order valence-electron chi connectivity index (χ4n) is 3.66. The fourth-order valence-corrected chi connectivity index (χ4v) is 3.95. The number of carbonyl (C=O) groups is 1. The lowest BCUT2D eigenvalue weighted by atomic mass is 9.80. The summed E-state index contributed by atoms with van der Waals surface area (Å²) in [6.07, 6.45) is 4.81. The number of nitrogens with one attached hydrogen (secondary N) is 2. The summed E-state index contributed by atoms with van der Waals surface area (Å²) in [5, 5.41) is 19.8. The normalized spacial score (nSPS) is 17.1. The molecule has 1 amide bonds. The zero-order chi connectivity index (χ0) is 21.8. The van der Waals surface area contributed by atoms with E-state index in [1.54, 1.807) is 23.0 Å². The van der Waals surface area contributed by atoms with E-state index in [2.05, 4.69) is 41.4 Å². The summed E-state index contributed by atoms with van der Waals surface area (Å²) in [6.45, 7) is 0.610. The van der Waals surface area contributed by atoms with Crippen LogP contribution in [-0.2, 0) is 4.74 Å². The van der Waals surface area contributed by atoms with Gasteiger partial charge in [0.25, 0.3) is 0 Å². The van der Waals surface area contributed by atoms with Gasteiger partial charge in [-0.2, -0.15) is 10.4 Å². The SMILES string of the molecule is COC(=O)NC[C@H]1C[C@H](Nc2cc(-c3ccc4cc(C#N)cnn34)ncc2C#CI)C1. The van der Waals surface area contributed by atoms with Crippen LogP contribution in [0.5, 0.6) is 0 Å². The summed E-state index contributed by atoms with van der Waals surface area (Å²) in [5.74, 6) is 3.51. The highest BCUT2D eigenvalue weighted by atomic mass is 127. The van der Waals surface area contributed by atoms with Crippen molar-refractivity contribution < 1.29 is 9.53 Å². The number of nitrogens with zero attached hydrogens (tertiary/aromatic N) is 4. The third-order valence-corrected chi connectivity index (χ3v) is 5.56. The first-order valence-electron chi connectivity index (χ1n) is 9.69. The number of rotatable bonds is 5. The molecule has 8 nitrogen and oxygen atoms in total. The van der Waals surface area contributed by atoms with Crippen LogP contribution in [0, 0.1) is 27.1 Å². The molecule has 1 aliphatic carbocycles. The Kier molecular flexibility index (Phi) is 6.23. The second kappa shape index (κ2) is 9.23. The van der Waals surface area contributed by atoms with Crippen molar-refractivity contribution in [3.8, 4) is 27.3 Å². The van der Waals surface area contributed by atoms with Gasteiger partial charge in [0.15, 0.2) is 0 Å². The van der Waals surface area contributed by atoms with E-state index in [1.165, 1.54) is 7.11 Å². The highest BCUT2D eigenvalue weighted by Crippen LogP contribution is 2.32. The summed E-state index contributed by atoms with van der Waals surface area (Å²) < 4.78 is 9.30.